The highest BCUT2D eigenvalue weighted by atomic mass is 16.6. The Hall–Kier alpha value is -3.29. The van der Waals surface area contributed by atoms with E-state index in [0.29, 0.717) is 5.75 Å². The number of para-hydroxylation sites is 1. The van der Waals surface area contributed by atoms with E-state index in [1.165, 1.54) is 0 Å². The number of esters is 1. The first-order valence-corrected chi connectivity index (χ1v) is 7.35. The Kier molecular flexibility index (Phi) is 4.82. The minimum atomic E-state index is -0.900. The Morgan fingerprint density at radius 2 is 1.48 bits per heavy atom. The fraction of sp³-hybridized carbons (Fsp3) is 0.235. The van der Waals surface area contributed by atoms with Gasteiger partial charge in [0.05, 0.1) is 21.5 Å². The smallest absolute Gasteiger partial charge is 0.344 e. The van der Waals surface area contributed by atoms with Gasteiger partial charge in [-0.05, 0) is 11.5 Å². The van der Waals surface area contributed by atoms with E-state index in [1.54, 1.807) is 24.3 Å². The van der Waals surface area contributed by atoms with Crippen molar-refractivity contribution in [2.75, 3.05) is 0 Å². The monoisotopic (exact) mass is 344 g/mol. The molecule has 8 heteroatoms. The number of ether oxygens (including phenoxy) is 1. The lowest BCUT2D eigenvalue weighted by molar-refractivity contribution is -0.394. The van der Waals surface area contributed by atoms with Crippen LogP contribution in [0.2, 0.25) is 0 Å². The molecule has 8 nitrogen and oxygen atoms in total. The number of hydrogen-bond acceptors (Lipinski definition) is 6. The molecule has 0 aliphatic carbocycles. The maximum Gasteiger partial charge on any atom is 0.344 e. The van der Waals surface area contributed by atoms with Crippen LogP contribution >= 0.6 is 0 Å². The van der Waals surface area contributed by atoms with Crippen LogP contribution in [0, 0.1) is 20.2 Å². The summed E-state index contributed by atoms with van der Waals surface area (Å²) in [4.78, 5) is 32.6. The third-order valence-electron chi connectivity index (χ3n) is 3.46. The summed E-state index contributed by atoms with van der Waals surface area (Å²) >= 11 is 0. The van der Waals surface area contributed by atoms with Gasteiger partial charge in [-0.25, -0.2) is 4.79 Å². The molecule has 0 amide bonds. The Labute approximate surface area is 143 Å². The predicted octanol–water partition coefficient (Wildman–Crippen LogP) is 4.02. The molecule has 2 rings (SSSR count). The molecule has 0 N–H and O–H groups in total. The highest BCUT2D eigenvalue weighted by Gasteiger charge is 2.24. The largest absolute Gasteiger partial charge is 0.423 e. The second-order valence-electron chi connectivity index (χ2n) is 6.39. The molecule has 0 aliphatic heterocycles. The van der Waals surface area contributed by atoms with Crippen LogP contribution in [0.15, 0.2) is 42.5 Å². The van der Waals surface area contributed by atoms with E-state index >= 15 is 0 Å². The molecule has 25 heavy (non-hydrogen) atoms. The summed E-state index contributed by atoms with van der Waals surface area (Å²) in [6.45, 7) is 5.83. The highest BCUT2D eigenvalue weighted by Crippen LogP contribution is 2.32. The second-order valence-corrected chi connectivity index (χ2v) is 6.39. The van der Waals surface area contributed by atoms with Crippen molar-refractivity contribution >= 4 is 17.3 Å². The molecule has 2 aromatic rings. The molecular formula is C17H16N2O6. The zero-order valence-electron chi connectivity index (χ0n) is 13.9. The van der Waals surface area contributed by atoms with Gasteiger partial charge in [0.1, 0.15) is 5.75 Å². The molecule has 2 aromatic carbocycles. The molecule has 0 fully saturated rings. The summed E-state index contributed by atoms with van der Waals surface area (Å²) in [7, 11) is 0. The number of carbonyl (C=O) groups is 1. The van der Waals surface area contributed by atoms with Crippen LogP contribution in [0.5, 0.6) is 5.75 Å². The quantitative estimate of drug-likeness (QED) is 0.358. The lowest BCUT2D eigenvalue weighted by Crippen LogP contribution is -2.16. The van der Waals surface area contributed by atoms with Gasteiger partial charge in [-0.3, -0.25) is 20.2 Å². The van der Waals surface area contributed by atoms with Crippen molar-refractivity contribution in [3.05, 3.63) is 73.8 Å². The first-order chi connectivity index (χ1) is 11.6. The van der Waals surface area contributed by atoms with Crippen LogP contribution in [0.1, 0.15) is 36.7 Å². The number of nitro groups is 2. The number of nitro benzene ring substituents is 2. The molecule has 0 heterocycles. The van der Waals surface area contributed by atoms with Crippen LogP contribution in [-0.4, -0.2) is 15.8 Å². The average Bonchev–Trinajstić information content (AvgIpc) is 2.53. The molecule has 130 valence electrons. The summed E-state index contributed by atoms with van der Waals surface area (Å²) in [6.07, 6.45) is 0. The second kappa shape index (κ2) is 6.68. The number of benzene rings is 2. The maximum absolute atomic E-state index is 12.4. The number of carbonyl (C=O) groups excluding carboxylic acids is 1. The van der Waals surface area contributed by atoms with Crippen molar-refractivity contribution in [1.82, 2.24) is 0 Å². The third-order valence-corrected chi connectivity index (χ3v) is 3.46. The molecular weight excluding hydrogens is 328 g/mol. The molecule has 0 unspecified atom stereocenters. The van der Waals surface area contributed by atoms with Crippen molar-refractivity contribution in [2.45, 2.75) is 26.2 Å². The summed E-state index contributed by atoms with van der Waals surface area (Å²) in [6, 6.07) is 9.59. The van der Waals surface area contributed by atoms with Gasteiger partial charge in [0.25, 0.3) is 11.4 Å². The van der Waals surface area contributed by atoms with Crippen LogP contribution < -0.4 is 4.74 Å². The first kappa shape index (κ1) is 18.1. The fourth-order valence-electron chi connectivity index (χ4n) is 2.26. The Balaban J connectivity index is 2.43. The van der Waals surface area contributed by atoms with Gasteiger partial charge in [0, 0.05) is 17.7 Å². The SMILES string of the molecule is CC(C)(C)c1ccccc1OC(=O)c1cc([N+](=O)[O-])cc([N+](=O)[O-])c1. The lowest BCUT2D eigenvalue weighted by Gasteiger charge is -2.22. The number of nitrogens with zero attached hydrogens (tertiary/aromatic N) is 2. The van der Waals surface area contributed by atoms with E-state index in [4.69, 9.17) is 4.74 Å². The third kappa shape index (κ3) is 4.17. The molecule has 0 spiro atoms. The minimum absolute atomic E-state index is 0.260. The van der Waals surface area contributed by atoms with Gasteiger partial charge < -0.3 is 4.74 Å². The average molecular weight is 344 g/mol. The van der Waals surface area contributed by atoms with Crippen molar-refractivity contribution in [3.8, 4) is 5.75 Å². The van der Waals surface area contributed by atoms with E-state index in [-0.39, 0.29) is 11.0 Å². The predicted molar refractivity (Wildman–Crippen MR) is 89.9 cm³/mol. The van der Waals surface area contributed by atoms with E-state index in [0.717, 1.165) is 23.8 Å². The zero-order chi connectivity index (χ0) is 18.8. The number of hydrogen-bond donors (Lipinski definition) is 0. The van der Waals surface area contributed by atoms with E-state index < -0.39 is 27.2 Å². The van der Waals surface area contributed by atoms with Crippen molar-refractivity contribution in [2.24, 2.45) is 0 Å². The van der Waals surface area contributed by atoms with Gasteiger partial charge in [0.2, 0.25) is 0 Å². The fourth-order valence-corrected chi connectivity index (χ4v) is 2.26. The van der Waals surface area contributed by atoms with Gasteiger partial charge in [-0.2, -0.15) is 0 Å². The summed E-state index contributed by atoms with van der Waals surface area (Å²) in [5.74, 6) is -0.599. The highest BCUT2D eigenvalue weighted by molar-refractivity contribution is 5.92. The molecule has 0 bridgehead atoms. The standard InChI is InChI=1S/C17H16N2O6/c1-17(2,3)14-6-4-5-7-15(14)25-16(20)11-8-12(18(21)22)10-13(9-11)19(23)24/h4-10H,1-3H3. The van der Waals surface area contributed by atoms with Gasteiger partial charge >= 0.3 is 5.97 Å². The van der Waals surface area contributed by atoms with Crippen molar-refractivity contribution in [3.63, 3.8) is 0 Å². The maximum atomic E-state index is 12.4. The Morgan fingerprint density at radius 1 is 0.960 bits per heavy atom. The van der Waals surface area contributed by atoms with E-state index in [2.05, 4.69) is 0 Å². The first-order valence-electron chi connectivity index (χ1n) is 7.35. The number of rotatable bonds is 4. The topological polar surface area (TPSA) is 113 Å². The van der Waals surface area contributed by atoms with Gasteiger partial charge in [-0.15, -0.1) is 0 Å². The number of non-ortho nitro benzene ring substituents is 2. The molecule has 0 radical (unpaired) electrons. The van der Waals surface area contributed by atoms with Gasteiger partial charge in [0.15, 0.2) is 0 Å². The van der Waals surface area contributed by atoms with Crippen molar-refractivity contribution < 1.29 is 19.4 Å². The van der Waals surface area contributed by atoms with E-state index in [1.807, 2.05) is 20.8 Å². The molecule has 0 aromatic heterocycles. The lowest BCUT2D eigenvalue weighted by atomic mass is 9.86. The Morgan fingerprint density at radius 3 is 1.96 bits per heavy atom. The van der Waals surface area contributed by atoms with Crippen LogP contribution in [0.3, 0.4) is 0 Å². The normalized spacial score (nSPS) is 11.0. The molecule has 0 aliphatic rings. The molecule has 0 atom stereocenters. The van der Waals surface area contributed by atoms with Gasteiger partial charge in [-0.1, -0.05) is 39.0 Å². The summed E-state index contributed by atoms with van der Waals surface area (Å²) in [5, 5.41) is 21.9. The molecule has 0 saturated heterocycles. The Bertz CT molecular complexity index is 822. The zero-order valence-corrected chi connectivity index (χ0v) is 13.9. The minimum Gasteiger partial charge on any atom is -0.423 e. The van der Waals surface area contributed by atoms with Crippen molar-refractivity contribution in [1.29, 1.82) is 0 Å². The summed E-state index contributed by atoms with van der Waals surface area (Å²) < 4.78 is 5.34. The van der Waals surface area contributed by atoms with Crippen LogP contribution in [0.25, 0.3) is 0 Å². The van der Waals surface area contributed by atoms with Crippen LogP contribution in [0.4, 0.5) is 11.4 Å². The molecule has 0 saturated carbocycles. The van der Waals surface area contributed by atoms with E-state index in [9.17, 15) is 25.0 Å². The summed E-state index contributed by atoms with van der Waals surface area (Å²) in [5.41, 5.74) is -0.894. The van der Waals surface area contributed by atoms with Crippen LogP contribution in [-0.2, 0) is 5.41 Å².